The van der Waals surface area contributed by atoms with Gasteiger partial charge in [0.05, 0.1) is 12.6 Å². The largest absolute Gasteiger partial charge is 0.496 e. The van der Waals surface area contributed by atoms with Gasteiger partial charge in [-0.15, -0.1) is 0 Å². The van der Waals surface area contributed by atoms with Gasteiger partial charge in [-0.25, -0.2) is 4.98 Å². The number of rotatable bonds is 4. The molecule has 0 atom stereocenters. The molecule has 1 N–H and O–H groups in total. The van der Waals surface area contributed by atoms with E-state index in [1.807, 2.05) is 12.1 Å². The van der Waals surface area contributed by atoms with Gasteiger partial charge >= 0.3 is 0 Å². The van der Waals surface area contributed by atoms with Crippen molar-refractivity contribution in [1.29, 1.82) is 0 Å². The summed E-state index contributed by atoms with van der Waals surface area (Å²) in [6.07, 6.45) is 1.08. The summed E-state index contributed by atoms with van der Waals surface area (Å²) in [5.74, 6) is 1.80. The van der Waals surface area contributed by atoms with E-state index in [0.717, 1.165) is 45.5 Å². The van der Waals surface area contributed by atoms with Crippen LogP contribution in [-0.4, -0.2) is 18.6 Å². The molecular formula is C14H17BrN2O. The predicted molar refractivity (Wildman–Crippen MR) is 79.5 cm³/mol. The first kappa shape index (κ1) is 13.1. The molecule has 1 aromatic heterocycles. The maximum absolute atomic E-state index is 5.38. The quantitative estimate of drug-likeness (QED) is 0.922. The van der Waals surface area contributed by atoms with Gasteiger partial charge in [0, 0.05) is 16.4 Å². The molecule has 0 unspecified atom stereocenters. The maximum Gasteiger partial charge on any atom is 0.129 e. The van der Waals surface area contributed by atoms with Crippen molar-refractivity contribution in [3.8, 4) is 5.75 Å². The second-order valence-corrected chi connectivity index (χ2v) is 5.08. The second-order valence-electron chi connectivity index (χ2n) is 4.23. The fourth-order valence-corrected chi connectivity index (χ4v) is 2.34. The Labute approximate surface area is 116 Å². The minimum atomic E-state index is 0.853. The Morgan fingerprint density at radius 2 is 2.17 bits per heavy atom. The number of benzene rings is 1. The monoisotopic (exact) mass is 308 g/mol. The van der Waals surface area contributed by atoms with E-state index in [2.05, 4.69) is 46.1 Å². The van der Waals surface area contributed by atoms with Crippen molar-refractivity contribution in [2.75, 3.05) is 19.0 Å². The highest BCUT2D eigenvalue weighted by atomic mass is 79.9. The highest BCUT2D eigenvalue weighted by Gasteiger charge is 2.09. The summed E-state index contributed by atoms with van der Waals surface area (Å²) in [6.45, 7) is 5.13. The molecule has 0 saturated carbocycles. The molecule has 4 heteroatoms. The molecule has 0 aliphatic carbocycles. The zero-order valence-electron chi connectivity index (χ0n) is 10.9. The molecule has 0 saturated heterocycles. The highest BCUT2D eigenvalue weighted by molar-refractivity contribution is 9.10. The first-order valence-electron chi connectivity index (χ1n) is 6.05. The molecule has 96 valence electrons. The third kappa shape index (κ3) is 2.43. The van der Waals surface area contributed by atoms with Gasteiger partial charge in [-0.2, -0.15) is 0 Å². The fraction of sp³-hybridized carbons (Fsp3) is 0.357. The Hall–Kier alpha value is -1.29. The molecule has 1 heterocycles. The van der Waals surface area contributed by atoms with Gasteiger partial charge in [-0.1, -0.05) is 6.92 Å². The molecular weight excluding hydrogens is 292 g/mol. The van der Waals surface area contributed by atoms with E-state index in [1.54, 1.807) is 7.11 Å². The Balaban J connectivity index is 2.59. The minimum absolute atomic E-state index is 0.853. The van der Waals surface area contributed by atoms with Crippen molar-refractivity contribution in [1.82, 2.24) is 4.98 Å². The predicted octanol–water partition coefficient (Wildman–Crippen LogP) is 4.14. The van der Waals surface area contributed by atoms with Gasteiger partial charge in [0.15, 0.2) is 0 Å². The van der Waals surface area contributed by atoms with Crippen molar-refractivity contribution in [3.63, 3.8) is 0 Å². The standard InChI is InChI=1S/C14H17BrN2O/c1-4-7-16-14-9(2)8-10-12(18-3)6-5-11(15)13(10)17-14/h5-6,8H,4,7H2,1-3H3,(H,16,17). The number of aryl methyl sites for hydroxylation is 1. The van der Waals surface area contributed by atoms with Crippen LogP contribution in [0.3, 0.4) is 0 Å². The lowest BCUT2D eigenvalue weighted by molar-refractivity contribution is 0.419. The number of hydrogen-bond donors (Lipinski definition) is 1. The van der Waals surface area contributed by atoms with Gasteiger partial charge in [0.25, 0.3) is 0 Å². The zero-order valence-corrected chi connectivity index (χ0v) is 12.5. The number of ether oxygens (including phenoxy) is 1. The Bertz CT molecular complexity index is 569. The van der Waals surface area contributed by atoms with Crippen LogP contribution in [0.25, 0.3) is 10.9 Å². The van der Waals surface area contributed by atoms with Crippen molar-refractivity contribution >= 4 is 32.7 Å². The topological polar surface area (TPSA) is 34.2 Å². The zero-order chi connectivity index (χ0) is 13.1. The molecule has 2 aromatic rings. The summed E-state index contributed by atoms with van der Waals surface area (Å²) in [7, 11) is 1.68. The van der Waals surface area contributed by atoms with Crippen LogP contribution in [0.1, 0.15) is 18.9 Å². The normalized spacial score (nSPS) is 10.7. The molecule has 2 rings (SSSR count). The van der Waals surface area contributed by atoms with E-state index in [9.17, 15) is 0 Å². The lowest BCUT2D eigenvalue weighted by Gasteiger charge is -2.12. The molecule has 0 aliphatic rings. The maximum atomic E-state index is 5.38. The van der Waals surface area contributed by atoms with Crippen LogP contribution in [-0.2, 0) is 0 Å². The van der Waals surface area contributed by atoms with Crippen LogP contribution >= 0.6 is 15.9 Å². The second kappa shape index (κ2) is 5.57. The summed E-state index contributed by atoms with van der Waals surface area (Å²) >= 11 is 3.54. The van der Waals surface area contributed by atoms with Crippen molar-refractivity contribution in [3.05, 3.63) is 28.2 Å². The summed E-state index contributed by atoms with van der Waals surface area (Å²) in [5.41, 5.74) is 2.06. The Morgan fingerprint density at radius 3 is 2.83 bits per heavy atom. The summed E-state index contributed by atoms with van der Waals surface area (Å²) in [6, 6.07) is 6.03. The van der Waals surface area contributed by atoms with Crippen LogP contribution in [0.2, 0.25) is 0 Å². The highest BCUT2D eigenvalue weighted by Crippen LogP contribution is 2.32. The van der Waals surface area contributed by atoms with Crippen LogP contribution in [0.5, 0.6) is 5.75 Å². The lowest BCUT2D eigenvalue weighted by Crippen LogP contribution is -2.04. The number of methoxy groups -OCH3 is 1. The molecule has 0 bridgehead atoms. The number of aromatic nitrogens is 1. The van der Waals surface area contributed by atoms with Crippen molar-refractivity contribution in [2.45, 2.75) is 20.3 Å². The molecule has 0 amide bonds. The van der Waals surface area contributed by atoms with Crippen LogP contribution in [0.15, 0.2) is 22.7 Å². The molecule has 0 aliphatic heterocycles. The third-order valence-corrected chi connectivity index (χ3v) is 3.49. The Morgan fingerprint density at radius 1 is 1.39 bits per heavy atom. The van der Waals surface area contributed by atoms with Gasteiger partial charge in [-0.3, -0.25) is 0 Å². The van der Waals surface area contributed by atoms with E-state index in [4.69, 9.17) is 4.74 Å². The summed E-state index contributed by atoms with van der Waals surface area (Å²) in [4.78, 5) is 4.68. The van der Waals surface area contributed by atoms with E-state index in [1.165, 1.54) is 0 Å². The molecule has 3 nitrogen and oxygen atoms in total. The fourth-order valence-electron chi connectivity index (χ4n) is 1.90. The number of anilines is 1. The van der Waals surface area contributed by atoms with Crippen LogP contribution < -0.4 is 10.1 Å². The number of nitrogens with one attached hydrogen (secondary N) is 1. The minimum Gasteiger partial charge on any atom is -0.496 e. The van der Waals surface area contributed by atoms with E-state index < -0.39 is 0 Å². The summed E-state index contributed by atoms with van der Waals surface area (Å²) in [5, 5.41) is 4.38. The number of nitrogens with zero attached hydrogens (tertiary/aromatic N) is 1. The first-order chi connectivity index (χ1) is 8.67. The SMILES string of the molecule is CCCNc1nc2c(Br)ccc(OC)c2cc1C. The number of fused-ring (bicyclic) bond motifs is 1. The van der Waals surface area contributed by atoms with Gasteiger partial charge < -0.3 is 10.1 Å². The number of hydrogen-bond acceptors (Lipinski definition) is 3. The molecule has 0 spiro atoms. The van der Waals surface area contributed by atoms with Gasteiger partial charge in [0.1, 0.15) is 11.6 Å². The Kier molecular flexibility index (Phi) is 4.07. The number of halogens is 1. The van der Waals surface area contributed by atoms with Gasteiger partial charge in [0.2, 0.25) is 0 Å². The van der Waals surface area contributed by atoms with E-state index in [-0.39, 0.29) is 0 Å². The molecule has 0 fully saturated rings. The smallest absolute Gasteiger partial charge is 0.129 e. The van der Waals surface area contributed by atoms with Crippen molar-refractivity contribution < 1.29 is 4.74 Å². The molecule has 18 heavy (non-hydrogen) atoms. The van der Waals surface area contributed by atoms with E-state index >= 15 is 0 Å². The van der Waals surface area contributed by atoms with Crippen LogP contribution in [0, 0.1) is 6.92 Å². The van der Waals surface area contributed by atoms with Crippen LogP contribution in [0.4, 0.5) is 5.82 Å². The van der Waals surface area contributed by atoms with Crippen molar-refractivity contribution in [2.24, 2.45) is 0 Å². The number of pyridine rings is 1. The molecule has 1 aromatic carbocycles. The average molecular weight is 309 g/mol. The molecule has 0 radical (unpaired) electrons. The third-order valence-electron chi connectivity index (χ3n) is 2.85. The van der Waals surface area contributed by atoms with E-state index in [0.29, 0.717) is 0 Å². The first-order valence-corrected chi connectivity index (χ1v) is 6.84. The van der Waals surface area contributed by atoms with Gasteiger partial charge in [-0.05, 0) is 53.0 Å². The summed E-state index contributed by atoms with van der Waals surface area (Å²) < 4.78 is 6.36. The average Bonchev–Trinajstić information content (AvgIpc) is 2.37. The lowest BCUT2D eigenvalue weighted by atomic mass is 10.1.